The molecule has 1 aromatic rings. The first-order valence-electron chi connectivity index (χ1n) is 5.42. The Morgan fingerprint density at radius 2 is 2.06 bits per heavy atom. The van der Waals surface area contributed by atoms with Crippen molar-refractivity contribution in [2.24, 2.45) is 5.84 Å². The van der Waals surface area contributed by atoms with Crippen molar-refractivity contribution in [1.29, 1.82) is 0 Å². The minimum atomic E-state index is -0.607. The van der Waals surface area contributed by atoms with Crippen LogP contribution in [0.3, 0.4) is 0 Å². The van der Waals surface area contributed by atoms with Gasteiger partial charge in [0.05, 0.1) is 6.61 Å². The third kappa shape index (κ3) is 4.42. The minimum absolute atomic E-state index is 0.353. The molecule has 0 spiro atoms. The van der Waals surface area contributed by atoms with E-state index in [1.807, 2.05) is 29.7 Å². The number of hydrogen-bond acceptors (Lipinski definition) is 4. The third-order valence-corrected chi connectivity index (χ3v) is 2.34. The van der Waals surface area contributed by atoms with Crippen molar-refractivity contribution >= 4 is 5.91 Å². The summed E-state index contributed by atoms with van der Waals surface area (Å²) in [6, 6.07) is 7.54. The molecule has 94 valence electrons. The number of methoxy groups -OCH3 is 1. The number of carbonyl (C=O) groups excluding carboxylic acids is 1. The zero-order chi connectivity index (χ0) is 12.7. The second-order valence-corrected chi connectivity index (χ2v) is 3.66. The molecule has 0 fully saturated rings. The van der Waals surface area contributed by atoms with Crippen LogP contribution in [0.1, 0.15) is 12.5 Å². The van der Waals surface area contributed by atoms with Crippen LogP contribution < -0.4 is 16.0 Å². The highest BCUT2D eigenvalue weighted by atomic mass is 16.5. The molecular formula is C12H18N2O3. The van der Waals surface area contributed by atoms with E-state index in [0.29, 0.717) is 12.4 Å². The Hall–Kier alpha value is -1.59. The normalized spacial score (nSPS) is 11.9. The maximum atomic E-state index is 11.1. The SMILES string of the molecule is COCCc1ccc(OC(C)C(=O)NN)cc1. The first-order chi connectivity index (χ1) is 8.17. The topological polar surface area (TPSA) is 73.6 Å². The fraction of sp³-hybridized carbons (Fsp3) is 0.417. The highest BCUT2D eigenvalue weighted by Gasteiger charge is 2.12. The molecule has 1 atom stereocenters. The summed E-state index contributed by atoms with van der Waals surface area (Å²) >= 11 is 0. The molecule has 0 bridgehead atoms. The van der Waals surface area contributed by atoms with Gasteiger partial charge in [-0.15, -0.1) is 0 Å². The van der Waals surface area contributed by atoms with E-state index in [0.717, 1.165) is 12.0 Å². The summed E-state index contributed by atoms with van der Waals surface area (Å²) in [5, 5.41) is 0. The zero-order valence-electron chi connectivity index (χ0n) is 10.1. The molecule has 0 aromatic heterocycles. The number of hydrogen-bond donors (Lipinski definition) is 2. The van der Waals surface area contributed by atoms with Crippen LogP contribution >= 0.6 is 0 Å². The van der Waals surface area contributed by atoms with Crippen LogP contribution in [-0.4, -0.2) is 25.7 Å². The molecule has 0 saturated heterocycles. The molecule has 1 unspecified atom stereocenters. The second-order valence-electron chi connectivity index (χ2n) is 3.66. The quantitative estimate of drug-likeness (QED) is 0.433. The van der Waals surface area contributed by atoms with Crippen LogP contribution in [0.25, 0.3) is 0 Å². The molecule has 5 nitrogen and oxygen atoms in total. The predicted molar refractivity (Wildman–Crippen MR) is 64.4 cm³/mol. The fourth-order valence-corrected chi connectivity index (χ4v) is 1.33. The van der Waals surface area contributed by atoms with Gasteiger partial charge in [0.2, 0.25) is 0 Å². The molecule has 1 amide bonds. The van der Waals surface area contributed by atoms with E-state index in [1.54, 1.807) is 14.0 Å². The van der Waals surface area contributed by atoms with Gasteiger partial charge in [0.25, 0.3) is 5.91 Å². The second kappa shape index (κ2) is 6.88. The molecule has 0 saturated carbocycles. The van der Waals surface area contributed by atoms with Gasteiger partial charge < -0.3 is 9.47 Å². The number of ether oxygens (including phenoxy) is 2. The van der Waals surface area contributed by atoms with Crippen molar-refractivity contribution in [3.63, 3.8) is 0 Å². The van der Waals surface area contributed by atoms with Crippen molar-refractivity contribution < 1.29 is 14.3 Å². The number of hydrazine groups is 1. The number of carbonyl (C=O) groups is 1. The van der Waals surface area contributed by atoms with Gasteiger partial charge in [0.15, 0.2) is 6.10 Å². The predicted octanol–water partition coefficient (Wildman–Crippen LogP) is 0.633. The molecule has 0 aliphatic heterocycles. The van der Waals surface area contributed by atoms with Crippen molar-refractivity contribution in [3.05, 3.63) is 29.8 Å². The summed E-state index contributed by atoms with van der Waals surface area (Å²) in [7, 11) is 1.67. The van der Waals surface area contributed by atoms with Crippen LogP contribution in [0, 0.1) is 0 Å². The lowest BCUT2D eigenvalue weighted by Crippen LogP contribution is -2.40. The van der Waals surface area contributed by atoms with E-state index < -0.39 is 6.10 Å². The summed E-state index contributed by atoms with van der Waals surface area (Å²) in [6.45, 7) is 2.33. The van der Waals surface area contributed by atoms with Crippen LogP contribution in [0.2, 0.25) is 0 Å². The Morgan fingerprint density at radius 3 is 2.59 bits per heavy atom. The summed E-state index contributed by atoms with van der Waals surface area (Å²) in [6.07, 6.45) is 0.250. The zero-order valence-corrected chi connectivity index (χ0v) is 10.1. The Kier molecular flexibility index (Phi) is 5.45. The summed E-state index contributed by atoms with van der Waals surface area (Å²) in [5.41, 5.74) is 3.21. The minimum Gasteiger partial charge on any atom is -0.481 e. The summed E-state index contributed by atoms with van der Waals surface area (Å²) < 4.78 is 10.4. The lowest BCUT2D eigenvalue weighted by molar-refractivity contribution is -0.127. The van der Waals surface area contributed by atoms with Gasteiger partial charge in [-0.1, -0.05) is 12.1 Å². The molecular weight excluding hydrogens is 220 g/mol. The van der Waals surface area contributed by atoms with E-state index in [-0.39, 0.29) is 5.91 Å². The fourth-order valence-electron chi connectivity index (χ4n) is 1.33. The maximum Gasteiger partial charge on any atom is 0.274 e. The highest BCUT2D eigenvalue weighted by molar-refractivity contribution is 5.80. The summed E-state index contributed by atoms with van der Waals surface area (Å²) in [5.74, 6) is 5.30. The van der Waals surface area contributed by atoms with Gasteiger partial charge in [-0.2, -0.15) is 0 Å². The number of nitrogens with one attached hydrogen (secondary N) is 1. The molecule has 17 heavy (non-hydrogen) atoms. The van der Waals surface area contributed by atoms with Crippen LogP contribution in [0.4, 0.5) is 0 Å². The lowest BCUT2D eigenvalue weighted by atomic mass is 10.1. The molecule has 0 heterocycles. The van der Waals surface area contributed by atoms with Crippen LogP contribution in [0.5, 0.6) is 5.75 Å². The average molecular weight is 238 g/mol. The van der Waals surface area contributed by atoms with Gasteiger partial charge >= 0.3 is 0 Å². The van der Waals surface area contributed by atoms with Gasteiger partial charge in [0.1, 0.15) is 5.75 Å². The number of nitrogens with two attached hydrogens (primary N) is 1. The molecule has 5 heteroatoms. The standard InChI is InChI=1S/C12H18N2O3/c1-9(12(15)14-13)17-11-5-3-10(4-6-11)7-8-16-2/h3-6,9H,7-8,13H2,1-2H3,(H,14,15). The Bertz CT molecular complexity index is 351. The van der Waals surface area contributed by atoms with E-state index in [1.165, 1.54) is 0 Å². The number of amides is 1. The molecule has 0 aliphatic carbocycles. The largest absolute Gasteiger partial charge is 0.481 e. The lowest BCUT2D eigenvalue weighted by Gasteiger charge is -2.13. The van der Waals surface area contributed by atoms with Crippen molar-refractivity contribution in [2.45, 2.75) is 19.4 Å². The Morgan fingerprint density at radius 1 is 1.41 bits per heavy atom. The van der Waals surface area contributed by atoms with Gasteiger partial charge in [-0.05, 0) is 31.0 Å². The average Bonchev–Trinajstić information content (AvgIpc) is 2.37. The van der Waals surface area contributed by atoms with Crippen LogP contribution in [0.15, 0.2) is 24.3 Å². The van der Waals surface area contributed by atoms with Gasteiger partial charge in [-0.3, -0.25) is 10.2 Å². The smallest absolute Gasteiger partial charge is 0.274 e. The van der Waals surface area contributed by atoms with Crippen LogP contribution in [-0.2, 0) is 16.0 Å². The Labute approximate surface area is 101 Å². The first-order valence-corrected chi connectivity index (χ1v) is 5.42. The third-order valence-electron chi connectivity index (χ3n) is 2.34. The first kappa shape index (κ1) is 13.5. The van der Waals surface area contributed by atoms with E-state index >= 15 is 0 Å². The molecule has 0 aliphatic rings. The number of benzene rings is 1. The van der Waals surface area contributed by atoms with E-state index in [4.69, 9.17) is 15.3 Å². The van der Waals surface area contributed by atoms with E-state index in [2.05, 4.69) is 0 Å². The van der Waals surface area contributed by atoms with Gasteiger partial charge in [0, 0.05) is 7.11 Å². The molecule has 0 radical (unpaired) electrons. The van der Waals surface area contributed by atoms with Crippen molar-refractivity contribution in [1.82, 2.24) is 5.43 Å². The molecule has 3 N–H and O–H groups in total. The van der Waals surface area contributed by atoms with Gasteiger partial charge in [-0.25, -0.2) is 5.84 Å². The molecule has 1 rings (SSSR count). The maximum absolute atomic E-state index is 11.1. The van der Waals surface area contributed by atoms with Crippen molar-refractivity contribution in [3.8, 4) is 5.75 Å². The molecule has 1 aromatic carbocycles. The monoisotopic (exact) mass is 238 g/mol. The Balaban J connectivity index is 2.53. The highest BCUT2D eigenvalue weighted by Crippen LogP contribution is 2.14. The summed E-state index contributed by atoms with van der Waals surface area (Å²) in [4.78, 5) is 11.1. The van der Waals surface area contributed by atoms with E-state index in [9.17, 15) is 4.79 Å². The number of rotatable bonds is 6. The van der Waals surface area contributed by atoms with Crippen molar-refractivity contribution in [2.75, 3.05) is 13.7 Å².